The first-order valence-electron chi connectivity index (χ1n) is 9.91. The van der Waals surface area contributed by atoms with Crippen LogP contribution < -0.4 is 14.8 Å². The van der Waals surface area contributed by atoms with Crippen LogP contribution >= 0.6 is 0 Å². The van der Waals surface area contributed by atoms with Crippen molar-refractivity contribution in [1.82, 2.24) is 14.8 Å². The predicted molar refractivity (Wildman–Crippen MR) is 119 cm³/mol. The number of pyridine rings is 1. The highest BCUT2D eigenvalue weighted by Gasteiger charge is 2.21. The minimum Gasteiger partial charge on any atom is -0.497 e. The van der Waals surface area contributed by atoms with Gasteiger partial charge in [0.05, 0.1) is 14.2 Å². The number of benzene rings is 1. The fourth-order valence-corrected chi connectivity index (χ4v) is 2.87. The quantitative estimate of drug-likeness (QED) is 0.566. The lowest BCUT2D eigenvalue weighted by molar-refractivity contribution is 0.0511. The van der Waals surface area contributed by atoms with Gasteiger partial charge in [-0.05, 0) is 52.0 Å². The molecule has 32 heavy (non-hydrogen) atoms. The molecule has 0 aliphatic carbocycles. The Hall–Kier alpha value is -3.88. The van der Waals surface area contributed by atoms with E-state index in [0.29, 0.717) is 34.4 Å². The van der Waals surface area contributed by atoms with Crippen LogP contribution in [-0.4, -0.2) is 46.5 Å². The molecule has 0 saturated carbocycles. The lowest BCUT2D eigenvalue weighted by Crippen LogP contribution is -2.28. The molecule has 0 saturated heterocycles. The lowest BCUT2D eigenvalue weighted by Gasteiger charge is -2.19. The molecule has 1 aromatic carbocycles. The molecular formula is C23H26N4O5. The van der Waals surface area contributed by atoms with E-state index in [1.165, 1.54) is 18.9 Å². The van der Waals surface area contributed by atoms with Gasteiger partial charge in [-0.1, -0.05) is 6.07 Å². The summed E-state index contributed by atoms with van der Waals surface area (Å²) in [6.45, 7) is 7.10. The van der Waals surface area contributed by atoms with Crippen LogP contribution in [0.2, 0.25) is 0 Å². The van der Waals surface area contributed by atoms with E-state index < -0.39 is 11.7 Å². The van der Waals surface area contributed by atoms with E-state index in [2.05, 4.69) is 15.4 Å². The number of nitrogens with zero attached hydrogens (tertiary/aromatic N) is 3. The summed E-state index contributed by atoms with van der Waals surface area (Å²) in [7, 11) is 3.04. The van der Waals surface area contributed by atoms with E-state index >= 15 is 0 Å². The van der Waals surface area contributed by atoms with Gasteiger partial charge >= 0.3 is 6.09 Å². The minimum absolute atomic E-state index is 0.230. The van der Waals surface area contributed by atoms with E-state index in [9.17, 15) is 9.59 Å². The average molecular weight is 438 g/mol. The van der Waals surface area contributed by atoms with E-state index in [1.807, 2.05) is 0 Å². The molecule has 2 heterocycles. The van der Waals surface area contributed by atoms with E-state index in [0.717, 1.165) is 0 Å². The molecule has 3 rings (SSSR count). The number of aromatic nitrogens is 3. The second-order valence-corrected chi connectivity index (χ2v) is 8.03. The summed E-state index contributed by atoms with van der Waals surface area (Å²) >= 11 is 0. The largest absolute Gasteiger partial charge is 0.497 e. The fraction of sp³-hybridized carbons (Fsp3) is 0.304. The average Bonchev–Trinajstić information content (AvgIpc) is 3.11. The molecule has 0 bridgehead atoms. The number of methoxy groups -OCH3 is 2. The van der Waals surface area contributed by atoms with Crippen LogP contribution in [0.5, 0.6) is 11.5 Å². The maximum Gasteiger partial charge on any atom is 0.435 e. The maximum atomic E-state index is 13.0. The van der Waals surface area contributed by atoms with Crippen molar-refractivity contribution in [1.29, 1.82) is 0 Å². The number of aryl methyl sites for hydroxylation is 1. The van der Waals surface area contributed by atoms with E-state index in [-0.39, 0.29) is 11.5 Å². The highest BCUT2D eigenvalue weighted by atomic mass is 16.6. The Bertz CT molecular complexity index is 1130. The Morgan fingerprint density at radius 1 is 0.969 bits per heavy atom. The molecule has 0 radical (unpaired) electrons. The Labute approximate surface area is 186 Å². The molecule has 0 fully saturated rings. The number of carbonyl (C=O) groups is 2. The molecule has 0 amide bonds. The fourth-order valence-electron chi connectivity index (χ4n) is 2.87. The third kappa shape index (κ3) is 5.42. The van der Waals surface area contributed by atoms with Crippen molar-refractivity contribution in [2.24, 2.45) is 0 Å². The lowest BCUT2D eigenvalue weighted by atomic mass is 10.1. The number of hydrogen-bond donors (Lipinski definition) is 1. The van der Waals surface area contributed by atoms with Gasteiger partial charge < -0.3 is 19.5 Å². The van der Waals surface area contributed by atoms with Crippen molar-refractivity contribution in [2.75, 3.05) is 19.5 Å². The molecule has 168 valence electrons. The number of rotatable bonds is 6. The number of hydrogen-bond acceptors (Lipinski definition) is 8. The Kier molecular flexibility index (Phi) is 6.47. The van der Waals surface area contributed by atoms with Crippen molar-refractivity contribution >= 4 is 23.5 Å². The zero-order valence-electron chi connectivity index (χ0n) is 18.9. The smallest absolute Gasteiger partial charge is 0.435 e. The number of ketones is 1. The molecule has 0 aliphatic rings. The van der Waals surface area contributed by atoms with Crippen LogP contribution in [0.3, 0.4) is 0 Å². The third-order valence-electron chi connectivity index (χ3n) is 4.31. The van der Waals surface area contributed by atoms with Crippen molar-refractivity contribution in [2.45, 2.75) is 33.3 Å². The van der Waals surface area contributed by atoms with Gasteiger partial charge in [0.15, 0.2) is 5.82 Å². The van der Waals surface area contributed by atoms with E-state index in [1.54, 1.807) is 70.2 Å². The van der Waals surface area contributed by atoms with Gasteiger partial charge in [0, 0.05) is 23.4 Å². The summed E-state index contributed by atoms with van der Waals surface area (Å²) < 4.78 is 17.0. The zero-order chi connectivity index (χ0) is 23.5. The minimum atomic E-state index is -0.637. The van der Waals surface area contributed by atoms with Gasteiger partial charge in [0.25, 0.3) is 0 Å². The molecule has 0 aliphatic heterocycles. The number of anilines is 2. The predicted octanol–water partition coefficient (Wildman–Crippen LogP) is 4.36. The van der Waals surface area contributed by atoms with Gasteiger partial charge in [-0.15, -0.1) is 5.10 Å². The third-order valence-corrected chi connectivity index (χ3v) is 4.31. The van der Waals surface area contributed by atoms with Crippen LogP contribution in [0.1, 0.15) is 42.5 Å². The maximum absolute atomic E-state index is 13.0. The molecule has 9 heteroatoms. The van der Waals surface area contributed by atoms with Crippen LogP contribution in [0.4, 0.5) is 16.4 Å². The number of nitrogens with one attached hydrogen (secondary N) is 1. The van der Waals surface area contributed by atoms with Crippen LogP contribution in [-0.2, 0) is 4.74 Å². The SMILES string of the molecule is COc1cc(OC)cc(C(=O)c2cccc(Nc3cc(C)n(C(=O)OC(C)(C)C)n3)n2)c1. The Balaban J connectivity index is 1.82. The van der Waals surface area contributed by atoms with E-state index in [4.69, 9.17) is 14.2 Å². The van der Waals surface area contributed by atoms with Gasteiger partial charge in [-0.3, -0.25) is 4.79 Å². The normalized spacial score (nSPS) is 11.1. The second kappa shape index (κ2) is 9.09. The van der Waals surface area contributed by atoms with Gasteiger partial charge in [-0.2, -0.15) is 4.68 Å². The molecule has 0 spiro atoms. The van der Waals surface area contributed by atoms with Crippen molar-refractivity contribution in [3.05, 3.63) is 59.4 Å². The number of carbonyl (C=O) groups excluding carboxylic acids is 2. The summed E-state index contributed by atoms with van der Waals surface area (Å²) in [5.41, 5.74) is 0.573. The number of ether oxygens (including phenoxy) is 3. The summed E-state index contributed by atoms with van der Waals surface area (Å²) in [5, 5.41) is 7.26. The molecule has 9 nitrogen and oxygen atoms in total. The summed E-state index contributed by atoms with van der Waals surface area (Å²) in [6, 6.07) is 11.6. The summed E-state index contributed by atoms with van der Waals surface area (Å²) in [4.78, 5) is 29.7. The molecular weight excluding hydrogens is 412 g/mol. The van der Waals surface area contributed by atoms with Crippen molar-refractivity contribution in [3.63, 3.8) is 0 Å². The monoisotopic (exact) mass is 438 g/mol. The van der Waals surface area contributed by atoms with Gasteiger partial charge in [0.2, 0.25) is 5.78 Å². The van der Waals surface area contributed by atoms with Gasteiger partial charge in [-0.25, -0.2) is 9.78 Å². The Morgan fingerprint density at radius 3 is 2.22 bits per heavy atom. The molecule has 3 aromatic rings. The van der Waals surface area contributed by atoms with Crippen LogP contribution in [0.15, 0.2) is 42.5 Å². The second-order valence-electron chi connectivity index (χ2n) is 8.03. The molecule has 1 N–H and O–H groups in total. The van der Waals surface area contributed by atoms with Crippen LogP contribution in [0, 0.1) is 6.92 Å². The van der Waals surface area contributed by atoms with Crippen molar-refractivity contribution < 1.29 is 23.8 Å². The van der Waals surface area contributed by atoms with Crippen molar-refractivity contribution in [3.8, 4) is 11.5 Å². The van der Waals surface area contributed by atoms with Crippen LogP contribution in [0.25, 0.3) is 0 Å². The first-order chi connectivity index (χ1) is 15.1. The highest BCUT2D eigenvalue weighted by Crippen LogP contribution is 2.24. The van der Waals surface area contributed by atoms with Gasteiger partial charge in [0.1, 0.15) is 28.6 Å². The zero-order valence-corrected chi connectivity index (χ0v) is 18.9. The Morgan fingerprint density at radius 2 is 1.62 bits per heavy atom. The molecule has 0 unspecified atom stereocenters. The topological polar surface area (TPSA) is 105 Å². The molecule has 0 atom stereocenters. The summed E-state index contributed by atoms with van der Waals surface area (Å²) in [5.74, 6) is 1.52. The summed E-state index contributed by atoms with van der Waals surface area (Å²) in [6.07, 6.45) is -0.577. The first-order valence-corrected chi connectivity index (χ1v) is 9.91. The highest BCUT2D eigenvalue weighted by molar-refractivity contribution is 6.08. The molecule has 2 aromatic heterocycles. The first kappa shape index (κ1) is 22.8. The standard InChI is InChI=1S/C23H26N4O5/c1-14-10-20(26-27(14)22(29)32-23(2,3)4)25-19-9-7-8-18(24-19)21(28)15-11-16(30-5)13-17(12-15)31-6/h7-13H,1-6H3,(H,24,25,26).